The quantitative estimate of drug-likeness (QED) is 0.590. The molecular formula is C24H31N5O3S. The average molecular weight is 470 g/mol. The number of imidazole rings is 1. The van der Waals surface area contributed by atoms with Gasteiger partial charge >= 0.3 is 0 Å². The van der Waals surface area contributed by atoms with E-state index < -0.39 is 9.84 Å². The van der Waals surface area contributed by atoms with Gasteiger partial charge in [0.05, 0.1) is 34.3 Å². The van der Waals surface area contributed by atoms with Gasteiger partial charge in [0, 0.05) is 37.0 Å². The molecule has 1 fully saturated rings. The summed E-state index contributed by atoms with van der Waals surface area (Å²) in [6, 6.07) is 3.69. The average Bonchev–Trinajstić information content (AvgIpc) is 3.56. The molecule has 0 unspecified atom stereocenters. The number of hydrogen-bond acceptors (Lipinski definition) is 7. The van der Waals surface area contributed by atoms with E-state index in [0.717, 1.165) is 46.5 Å². The predicted molar refractivity (Wildman–Crippen MR) is 127 cm³/mol. The lowest BCUT2D eigenvalue weighted by Gasteiger charge is -2.38. The van der Waals surface area contributed by atoms with Crippen LogP contribution in [0.5, 0.6) is 0 Å². The number of aliphatic hydroxyl groups is 1. The Balaban J connectivity index is 1.63. The summed E-state index contributed by atoms with van der Waals surface area (Å²) in [5.41, 5.74) is 4.27. The molecule has 176 valence electrons. The maximum Gasteiger partial charge on any atom is 0.226 e. The van der Waals surface area contributed by atoms with Gasteiger partial charge in [-0.1, -0.05) is 20.8 Å². The Kier molecular flexibility index (Phi) is 5.44. The second-order valence-corrected chi connectivity index (χ2v) is 11.6. The van der Waals surface area contributed by atoms with E-state index >= 15 is 0 Å². The Morgan fingerprint density at radius 3 is 2.52 bits per heavy atom. The maximum atomic E-state index is 12.4. The van der Waals surface area contributed by atoms with E-state index in [-0.39, 0.29) is 18.6 Å². The Morgan fingerprint density at radius 1 is 1.15 bits per heavy atom. The molecule has 33 heavy (non-hydrogen) atoms. The number of aromatic nitrogens is 4. The Labute approximate surface area is 194 Å². The monoisotopic (exact) mass is 469 g/mol. The predicted octanol–water partition coefficient (Wildman–Crippen LogP) is 3.38. The summed E-state index contributed by atoms with van der Waals surface area (Å²) in [7, 11) is -3.33. The molecule has 1 aliphatic carbocycles. The number of aryl methyl sites for hydroxylation is 1. The van der Waals surface area contributed by atoms with Crippen molar-refractivity contribution in [2.75, 3.05) is 17.7 Å². The van der Waals surface area contributed by atoms with Crippen LogP contribution in [0.2, 0.25) is 0 Å². The summed E-state index contributed by atoms with van der Waals surface area (Å²) < 4.78 is 27.0. The zero-order chi connectivity index (χ0) is 23.5. The second kappa shape index (κ2) is 8.06. The van der Waals surface area contributed by atoms with Crippen molar-refractivity contribution in [2.24, 2.45) is 5.92 Å². The van der Waals surface area contributed by atoms with Gasteiger partial charge < -0.3 is 14.6 Å². The van der Waals surface area contributed by atoms with Crippen molar-refractivity contribution in [3.8, 4) is 0 Å². The van der Waals surface area contributed by atoms with Crippen LogP contribution >= 0.6 is 0 Å². The van der Waals surface area contributed by atoms with E-state index in [9.17, 15) is 13.5 Å². The van der Waals surface area contributed by atoms with Crippen molar-refractivity contribution in [3.05, 3.63) is 41.0 Å². The highest BCUT2D eigenvalue weighted by molar-refractivity contribution is 7.90. The molecule has 1 aliphatic heterocycles. The molecular weight excluding hydrogens is 438 g/mol. The van der Waals surface area contributed by atoms with Gasteiger partial charge in [-0.15, -0.1) is 0 Å². The molecule has 5 rings (SSSR count). The molecule has 1 N–H and O–H groups in total. The number of aliphatic hydroxyl groups excluding tert-OH is 1. The lowest BCUT2D eigenvalue weighted by atomic mass is 10.00. The lowest BCUT2D eigenvalue weighted by Crippen LogP contribution is -2.42. The Hall–Kier alpha value is -2.52. The number of benzene rings is 1. The van der Waals surface area contributed by atoms with Crippen LogP contribution in [-0.4, -0.2) is 45.8 Å². The smallest absolute Gasteiger partial charge is 0.226 e. The van der Waals surface area contributed by atoms with Crippen LogP contribution in [0.3, 0.4) is 0 Å². The number of hydrogen-bond donors (Lipinski definition) is 1. The fraction of sp³-hybridized carbons (Fsp3) is 0.542. The van der Waals surface area contributed by atoms with Gasteiger partial charge in [0.1, 0.15) is 5.82 Å². The molecule has 1 atom stereocenters. The van der Waals surface area contributed by atoms with Crippen LogP contribution in [0.25, 0.3) is 11.0 Å². The molecule has 9 heteroatoms. The van der Waals surface area contributed by atoms with Crippen molar-refractivity contribution in [1.82, 2.24) is 19.5 Å². The molecule has 0 spiro atoms. The number of sulfone groups is 1. The van der Waals surface area contributed by atoms with Gasteiger partial charge in [-0.3, -0.25) is 0 Å². The minimum atomic E-state index is -3.33. The third-order valence-electron chi connectivity index (χ3n) is 6.81. The van der Waals surface area contributed by atoms with Crippen molar-refractivity contribution in [3.63, 3.8) is 0 Å². The first-order chi connectivity index (χ1) is 15.7. The molecule has 3 heterocycles. The normalized spacial score (nSPS) is 18.8. The summed E-state index contributed by atoms with van der Waals surface area (Å²) >= 11 is 0. The third kappa shape index (κ3) is 3.81. The molecule has 1 saturated carbocycles. The lowest BCUT2D eigenvalue weighted by molar-refractivity contribution is 0.279. The molecule has 2 aliphatic rings. The number of anilines is 1. The van der Waals surface area contributed by atoms with E-state index in [1.807, 2.05) is 13.0 Å². The molecule has 1 aromatic carbocycles. The Bertz CT molecular complexity index is 1330. The fourth-order valence-electron chi connectivity index (χ4n) is 5.05. The van der Waals surface area contributed by atoms with Crippen molar-refractivity contribution >= 4 is 26.8 Å². The molecule has 0 radical (unpaired) electrons. The number of fused-ring (bicyclic) bond motifs is 3. The van der Waals surface area contributed by atoms with Gasteiger partial charge in [-0.2, -0.15) is 0 Å². The maximum absolute atomic E-state index is 12.4. The highest BCUT2D eigenvalue weighted by Gasteiger charge is 2.36. The van der Waals surface area contributed by atoms with E-state index in [4.69, 9.17) is 9.97 Å². The first kappa shape index (κ1) is 22.3. The van der Waals surface area contributed by atoms with E-state index in [0.29, 0.717) is 36.3 Å². The summed E-state index contributed by atoms with van der Waals surface area (Å²) in [5, 5.41) is 9.72. The second-order valence-electron chi connectivity index (χ2n) is 9.59. The Morgan fingerprint density at radius 2 is 1.91 bits per heavy atom. The summed E-state index contributed by atoms with van der Waals surface area (Å²) in [4.78, 5) is 17.1. The van der Waals surface area contributed by atoms with Crippen molar-refractivity contribution in [2.45, 2.75) is 70.0 Å². The molecule has 0 amide bonds. The SMILES string of the molecule is CCc1cc2nc3n(c2cc1S(C)(=O)=O)CCN(c1ncc(CO)c(C2CC2)n1)[C@H]3C(C)C. The van der Waals surface area contributed by atoms with Crippen LogP contribution < -0.4 is 4.90 Å². The summed E-state index contributed by atoms with van der Waals surface area (Å²) in [6.45, 7) is 7.63. The van der Waals surface area contributed by atoms with E-state index in [2.05, 4.69) is 28.3 Å². The fourth-order valence-corrected chi connectivity index (χ4v) is 6.05. The van der Waals surface area contributed by atoms with Gasteiger partial charge in [-0.05, 0) is 42.9 Å². The van der Waals surface area contributed by atoms with Crippen LogP contribution in [0.4, 0.5) is 5.95 Å². The van der Waals surface area contributed by atoms with Crippen LogP contribution in [0, 0.1) is 5.92 Å². The molecule has 0 bridgehead atoms. The van der Waals surface area contributed by atoms with Gasteiger partial charge in [0.25, 0.3) is 0 Å². The van der Waals surface area contributed by atoms with Gasteiger partial charge in [0.2, 0.25) is 5.95 Å². The standard InChI is InChI=1S/C24H31N5O3S/c1-5-15-10-18-19(11-20(15)33(4,31)32)28-8-9-29(22(14(2)3)23(28)26-18)24-25-12-17(13-30)21(27-24)16-6-7-16/h10-12,14,16,22,30H,5-9,13H2,1-4H3/t22-/m0/s1. The molecule has 0 saturated heterocycles. The topological polar surface area (TPSA) is 101 Å². The van der Waals surface area contributed by atoms with E-state index in [1.54, 1.807) is 12.3 Å². The van der Waals surface area contributed by atoms with Crippen molar-refractivity contribution < 1.29 is 13.5 Å². The van der Waals surface area contributed by atoms with Gasteiger partial charge in [-0.25, -0.2) is 23.4 Å². The highest BCUT2D eigenvalue weighted by atomic mass is 32.2. The number of rotatable bonds is 6. The minimum absolute atomic E-state index is 0.0371. The van der Waals surface area contributed by atoms with Crippen LogP contribution in [-0.2, 0) is 29.4 Å². The summed E-state index contributed by atoms with van der Waals surface area (Å²) in [5.74, 6) is 2.26. The van der Waals surface area contributed by atoms with Crippen molar-refractivity contribution in [1.29, 1.82) is 0 Å². The first-order valence-corrected chi connectivity index (χ1v) is 13.6. The van der Waals surface area contributed by atoms with E-state index in [1.165, 1.54) is 6.26 Å². The molecule has 2 aromatic heterocycles. The zero-order valence-electron chi connectivity index (χ0n) is 19.6. The highest BCUT2D eigenvalue weighted by Crippen LogP contribution is 2.42. The first-order valence-electron chi connectivity index (χ1n) is 11.7. The van der Waals surface area contributed by atoms with Crippen LogP contribution in [0.1, 0.15) is 68.2 Å². The third-order valence-corrected chi connectivity index (χ3v) is 7.99. The molecule has 8 nitrogen and oxygen atoms in total. The number of nitrogens with zero attached hydrogens (tertiary/aromatic N) is 5. The minimum Gasteiger partial charge on any atom is -0.392 e. The molecule has 3 aromatic rings. The summed E-state index contributed by atoms with van der Waals surface area (Å²) in [6.07, 6.45) is 5.88. The van der Waals surface area contributed by atoms with Crippen LogP contribution in [0.15, 0.2) is 23.2 Å². The van der Waals surface area contributed by atoms with Gasteiger partial charge in [0.15, 0.2) is 9.84 Å². The zero-order valence-corrected chi connectivity index (χ0v) is 20.4. The largest absolute Gasteiger partial charge is 0.392 e.